The van der Waals surface area contributed by atoms with Gasteiger partial charge in [-0.05, 0) is 25.1 Å². The summed E-state index contributed by atoms with van der Waals surface area (Å²) in [6, 6.07) is 3.23. The van der Waals surface area contributed by atoms with Crippen LogP contribution in [0.1, 0.15) is 17.3 Å². The molecule has 0 saturated carbocycles. The molecule has 0 amide bonds. The van der Waals surface area contributed by atoms with Gasteiger partial charge in [-0.2, -0.15) is 0 Å². The Labute approximate surface area is 106 Å². The molecule has 0 aliphatic carbocycles. The third-order valence-electron chi connectivity index (χ3n) is 2.03. The van der Waals surface area contributed by atoms with Gasteiger partial charge in [0.25, 0.3) is 0 Å². The smallest absolute Gasteiger partial charge is 0.496 e. The highest BCUT2D eigenvalue weighted by Crippen LogP contribution is 2.29. The number of methoxy groups -OCH3 is 1. The normalized spacial score (nSPS) is 13.0. The zero-order chi connectivity index (χ0) is 13.9. The first-order valence-electron chi connectivity index (χ1n) is 4.86. The summed E-state index contributed by atoms with van der Waals surface area (Å²) in [5, 5.41) is -0.875. The maximum Gasteiger partial charge on any atom is 0.573 e. The predicted octanol–water partition coefficient (Wildman–Crippen LogP) is 3.40. The third kappa shape index (κ3) is 3.80. The second-order valence-corrected chi connectivity index (χ2v) is 4.04. The molecule has 3 nitrogen and oxygen atoms in total. The van der Waals surface area contributed by atoms with Gasteiger partial charge < -0.3 is 9.47 Å². The Balaban J connectivity index is 3.14. The summed E-state index contributed by atoms with van der Waals surface area (Å²) in [7, 11) is 1.30. The summed E-state index contributed by atoms with van der Waals surface area (Å²) < 4.78 is 44.8. The second kappa shape index (κ2) is 5.48. The number of carbonyl (C=O) groups is 1. The lowest BCUT2D eigenvalue weighted by atomic mass is 10.1. The number of benzene rings is 1. The van der Waals surface area contributed by atoms with Gasteiger partial charge in [-0.1, -0.05) is 0 Å². The Kier molecular flexibility index (Phi) is 4.45. The van der Waals surface area contributed by atoms with Crippen LogP contribution in [0.25, 0.3) is 0 Å². The van der Waals surface area contributed by atoms with E-state index in [1.807, 2.05) is 0 Å². The molecule has 1 rings (SSSR count). The molecular weight excluding hydrogens is 273 g/mol. The molecule has 1 aromatic rings. The van der Waals surface area contributed by atoms with Crippen LogP contribution in [0.3, 0.4) is 0 Å². The summed E-state index contributed by atoms with van der Waals surface area (Å²) in [6.07, 6.45) is -4.82. The van der Waals surface area contributed by atoms with Gasteiger partial charge in [0, 0.05) is 0 Å². The lowest BCUT2D eigenvalue weighted by Gasteiger charge is -2.13. The molecule has 7 heteroatoms. The minimum atomic E-state index is -4.82. The summed E-state index contributed by atoms with van der Waals surface area (Å²) in [5.41, 5.74) is -0.0539. The van der Waals surface area contributed by atoms with Crippen molar-refractivity contribution in [3.8, 4) is 11.5 Å². The fraction of sp³-hybridized carbons (Fsp3) is 0.364. The first kappa shape index (κ1) is 14.6. The van der Waals surface area contributed by atoms with Crippen LogP contribution in [0.2, 0.25) is 0 Å². The molecule has 1 aromatic carbocycles. The Morgan fingerprint density at radius 2 is 2.00 bits per heavy atom. The standard InChI is InChI=1S/C11H10ClF3O3/c1-6(12)10(16)8-5-7(18-11(13,14)15)3-4-9(8)17-2/h3-6H,1-2H3. The first-order valence-corrected chi connectivity index (χ1v) is 5.30. The van der Waals surface area contributed by atoms with Gasteiger partial charge in [0.2, 0.25) is 0 Å². The molecule has 18 heavy (non-hydrogen) atoms. The van der Waals surface area contributed by atoms with Gasteiger partial charge in [0.1, 0.15) is 11.5 Å². The quantitative estimate of drug-likeness (QED) is 0.627. The number of hydrogen-bond acceptors (Lipinski definition) is 3. The Hall–Kier alpha value is -1.43. The number of ether oxygens (including phenoxy) is 2. The fourth-order valence-electron chi connectivity index (χ4n) is 1.29. The van der Waals surface area contributed by atoms with Gasteiger partial charge >= 0.3 is 6.36 Å². The largest absolute Gasteiger partial charge is 0.573 e. The SMILES string of the molecule is COc1ccc(OC(F)(F)F)cc1C(=O)C(C)Cl. The van der Waals surface area contributed by atoms with Crippen LogP contribution in [-0.2, 0) is 0 Å². The Morgan fingerprint density at radius 3 is 2.44 bits per heavy atom. The maximum atomic E-state index is 12.1. The van der Waals surface area contributed by atoms with E-state index >= 15 is 0 Å². The molecule has 1 unspecified atom stereocenters. The highest BCUT2D eigenvalue weighted by Gasteiger charge is 2.31. The summed E-state index contributed by atoms with van der Waals surface area (Å²) in [4.78, 5) is 11.7. The van der Waals surface area contributed by atoms with Crippen LogP contribution in [0.5, 0.6) is 11.5 Å². The molecule has 0 bridgehead atoms. The van der Waals surface area contributed by atoms with E-state index in [1.165, 1.54) is 20.1 Å². The average molecular weight is 283 g/mol. The van der Waals surface area contributed by atoms with Crippen molar-refractivity contribution in [2.24, 2.45) is 0 Å². The van der Waals surface area contributed by atoms with Crippen molar-refractivity contribution < 1.29 is 27.4 Å². The molecule has 0 spiro atoms. The van der Waals surface area contributed by atoms with Crippen molar-refractivity contribution >= 4 is 17.4 Å². The first-order chi connectivity index (χ1) is 8.24. The van der Waals surface area contributed by atoms with Crippen molar-refractivity contribution in [3.05, 3.63) is 23.8 Å². The van der Waals surface area contributed by atoms with Crippen LogP contribution in [0.4, 0.5) is 13.2 Å². The maximum absolute atomic E-state index is 12.1. The van der Waals surface area contributed by atoms with Gasteiger partial charge in [-0.25, -0.2) is 0 Å². The molecular formula is C11H10ClF3O3. The minimum absolute atomic E-state index is 0.0539. The Morgan fingerprint density at radius 1 is 1.39 bits per heavy atom. The van der Waals surface area contributed by atoms with E-state index in [1.54, 1.807) is 0 Å². The van der Waals surface area contributed by atoms with Gasteiger partial charge in [-0.3, -0.25) is 4.79 Å². The van der Waals surface area contributed by atoms with E-state index in [0.717, 1.165) is 12.1 Å². The van der Waals surface area contributed by atoms with E-state index in [2.05, 4.69) is 4.74 Å². The molecule has 0 aliphatic rings. The van der Waals surface area contributed by atoms with Gasteiger partial charge in [0.05, 0.1) is 18.1 Å². The zero-order valence-electron chi connectivity index (χ0n) is 9.55. The molecule has 0 saturated heterocycles. The van der Waals surface area contributed by atoms with E-state index < -0.39 is 23.3 Å². The van der Waals surface area contributed by atoms with Crippen molar-refractivity contribution in [2.45, 2.75) is 18.7 Å². The fourth-order valence-corrected chi connectivity index (χ4v) is 1.41. The van der Waals surface area contributed by atoms with Crippen LogP contribution >= 0.6 is 11.6 Å². The molecule has 0 aliphatic heterocycles. The Bertz CT molecular complexity index is 444. The number of Topliss-reactive ketones (excluding diaryl/α,β-unsaturated/α-hetero) is 1. The predicted molar refractivity (Wildman–Crippen MR) is 59.3 cm³/mol. The van der Waals surface area contributed by atoms with E-state index in [9.17, 15) is 18.0 Å². The number of hydrogen-bond donors (Lipinski definition) is 0. The number of halogens is 4. The van der Waals surface area contributed by atoms with Crippen LogP contribution in [0.15, 0.2) is 18.2 Å². The minimum Gasteiger partial charge on any atom is -0.496 e. The average Bonchev–Trinajstić information content (AvgIpc) is 2.25. The third-order valence-corrected chi connectivity index (χ3v) is 2.23. The van der Waals surface area contributed by atoms with E-state index in [0.29, 0.717) is 0 Å². The summed E-state index contributed by atoms with van der Waals surface area (Å²) in [5.74, 6) is -0.896. The number of rotatable bonds is 4. The lowest BCUT2D eigenvalue weighted by molar-refractivity contribution is -0.274. The van der Waals surface area contributed by atoms with Crippen molar-refractivity contribution in [3.63, 3.8) is 0 Å². The lowest BCUT2D eigenvalue weighted by Crippen LogP contribution is -2.18. The van der Waals surface area contributed by atoms with Gasteiger partial charge in [0.15, 0.2) is 5.78 Å². The number of alkyl halides is 4. The zero-order valence-corrected chi connectivity index (χ0v) is 10.3. The number of carbonyl (C=O) groups excluding carboxylic acids is 1. The second-order valence-electron chi connectivity index (χ2n) is 3.39. The molecule has 1 atom stereocenters. The van der Waals surface area contributed by atoms with Crippen molar-refractivity contribution in [1.82, 2.24) is 0 Å². The monoisotopic (exact) mass is 282 g/mol. The van der Waals surface area contributed by atoms with E-state index in [-0.39, 0.29) is 11.3 Å². The molecule has 0 heterocycles. The highest BCUT2D eigenvalue weighted by atomic mass is 35.5. The molecule has 0 fully saturated rings. The highest BCUT2D eigenvalue weighted by molar-refractivity contribution is 6.34. The van der Waals surface area contributed by atoms with Crippen LogP contribution < -0.4 is 9.47 Å². The van der Waals surface area contributed by atoms with E-state index in [4.69, 9.17) is 16.3 Å². The summed E-state index contributed by atoms with van der Waals surface area (Å²) >= 11 is 5.61. The molecule has 100 valence electrons. The van der Waals surface area contributed by atoms with Crippen molar-refractivity contribution in [1.29, 1.82) is 0 Å². The molecule has 0 aromatic heterocycles. The van der Waals surface area contributed by atoms with Crippen molar-refractivity contribution in [2.75, 3.05) is 7.11 Å². The van der Waals surface area contributed by atoms with Gasteiger partial charge in [-0.15, -0.1) is 24.8 Å². The van der Waals surface area contributed by atoms with Crippen LogP contribution in [0, 0.1) is 0 Å². The topological polar surface area (TPSA) is 35.5 Å². The summed E-state index contributed by atoms with van der Waals surface area (Å²) in [6.45, 7) is 1.42. The van der Waals surface area contributed by atoms with Crippen LogP contribution in [-0.4, -0.2) is 24.6 Å². The molecule has 0 N–H and O–H groups in total. The molecule has 0 radical (unpaired) electrons. The number of ketones is 1.